The van der Waals surface area contributed by atoms with Crippen LogP contribution in [0.5, 0.6) is 0 Å². The Morgan fingerprint density at radius 1 is 1.10 bits per heavy atom. The van der Waals surface area contributed by atoms with E-state index in [4.69, 9.17) is 4.74 Å². The highest BCUT2D eigenvalue weighted by atomic mass is 19.2. The maximum atomic E-state index is 14.2. The molecule has 2 aromatic rings. The summed E-state index contributed by atoms with van der Waals surface area (Å²) in [5.41, 5.74) is 3.01. The number of aryl methyl sites for hydroxylation is 1. The van der Waals surface area contributed by atoms with Crippen molar-refractivity contribution in [1.82, 2.24) is 10.2 Å². The van der Waals surface area contributed by atoms with Gasteiger partial charge in [0.2, 0.25) is 0 Å². The van der Waals surface area contributed by atoms with Crippen LogP contribution >= 0.6 is 0 Å². The van der Waals surface area contributed by atoms with E-state index >= 15 is 0 Å². The number of nitrogens with zero attached hydrogens (tertiary/aromatic N) is 1. The number of carbonyl (C=O) groups is 1. The zero-order valence-electron chi connectivity index (χ0n) is 16.9. The summed E-state index contributed by atoms with van der Waals surface area (Å²) >= 11 is 0. The first-order valence-corrected chi connectivity index (χ1v) is 10.8. The summed E-state index contributed by atoms with van der Waals surface area (Å²) in [4.78, 5) is 15.0. The topological polar surface area (TPSA) is 41.6 Å². The molecule has 3 heterocycles. The summed E-state index contributed by atoms with van der Waals surface area (Å²) in [6.07, 6.45) is 4.45. The van der Waals surface area contributed by atoms with Crippen LogP contribution in [0.1, 0.15) is 42.9 Å². The summed E-state index contributed by atoms with van der Waals surface area (Å²) in [5, 5.41) is 3.05. The van der Waals surface area contributed by atoms with Gasteiger partial charge < -0.3 is 10.1 Å². The van der Waals surface area contributed by atoms with E-state index in [9.17, 15) is 13.6 Å². The Balaban J connectivity index is 1.30. The molecule has 2 bridgehead atoms. The van der Waals surface area contributed by atoms with Crippen LogP contribution in [0.25, 0.3) is 11.1 Å². The molecule has 2 aromatic carbocycles. The van der Waals surface area contributed by atoms with Crippen LogP contribution in [0.3, 0.4) is 0 Å². The first kappa shape index (κ1) is 19.5. The van der Waals surface area contributed by atoms with Crippen LogP contribution in [0, 0.1) is 17.6 Å². The molecule has 1 aliphatic carbocycles. The van der Waals surface area contributed by atoms with Gasteiger partial charge in [-0.25, -0.2) is 13.6 Å². The van der Waals surface area contributed by atoms with Crippen LogP contribution in [0.4, 0.5) is 13.6 Å². The van der Waals surface area contributed by atoms with Gasteiger partial charge in [0.1, 0.15) is 6.10 Å². The number of fused-ring (bicyclic) bond motifs is 4. The fourth-order valence-corrected chi connectivity index (χ4v) is 5.22. The van der Waals surface area contributed by atoms with Gasteiger partial charge in [-0.15, -0.1) is 0 Å². The summed E-state index contributed by atoms with van der Waals surface area (Å²) in [5.74, 6) is -1.20. The molecular formula is C24H26F2N2O2. The maximum absolute atomic E-state index is 14.2. The number of rotatable bonds is 3. The molecule has 0 aromatic heterocycles. The molecule has 0 saturated carbocycles. The molecule has 4 nitrogen and oxygen atoms in total. The molecule has 3 fully saturated rings. The second kappa shape index (κ2) is 7.99. The largest absolute Gasteiger partial charge is 0.445 e. The zero-order valence-corrected chi connectivity index (χ0v) is 16.9. The molecule has 2 atom stereocenters. The number of halogens is 2. The zero-order chi connectivity index (χ0) is 20.7. The average molecular weight is 412 g/mol. The molecule has 0 radical (unpaired) electrons. The van der Waals surface area contributed by atoms with Gasteiger partial charge >= 0.3 is 6.09 Å². The molecule has 3 saturated heterocycles. The first-order valence-electron chi connectivity index (χ1n) is 10.8. The van der Waals surface area contributed by atoms with E-state index in [1.807, 2.05) is 12.1 Å². The number of hydrogen-bond acceptors (Lipinski definition) is 3. The van der Waals surface area contributed by atoms with Crippen molar-refractivity contribution in [3.05, 3.63) is 59.2 Å². The molecule has 6 heteroatoms. The lowest BCUT2D eigenvalue weighted by atomic mass is 9.85. The molecule has 3 aliphatic heterocycles. The van der Waals surface area contributed by atoms with Crippen molar-refractivity contribution in [3.63, 3.8) is 0 Å². The number of amides is 1. The van der Waals surface area contributed by atoms with Crippen molar-refractivity contribution >= 4 is 6.09 Å². The third kappa shape index (κ3) is 3.69. The van der Waals surface area contributed by atoms with E-state index in [1.54, 1.807) is 12.1 Å². The highest BCUT2D eigenvalue weighted by Crippen LogP contribution is 2.35. The number of alkyl carbamates (subject to hydrolysis) is 1. The number of carbonyl (C=O) groups excluding carboxylic acids is 1. The van der Waals surface area contributed by atoms with Crippen molar-refractivity contribution < 1.29 is 18.3 Å². The maximum Gasteiger partial charge on any atom is 0.407 e. The lowest BCUT2D eigenvalue weighted by molar-refractivity contribution is -0.0340. The van der Waals surface area contributed by atoms with Gasteiger partial charge in [-0.1, -0.05) is 30.3 Å². The summed E-state index contributed by atoms with van der Waals surface area (Å²) in [7, 11) is 0. The van der Waals surface area contributed by atoms with Crippen LogP contribution in [-0.4, -0.2) is 36.7 Å². The van der Waals surface area contributed by atoms with Gasteiger partial charge in [0.25, 0.3) is 0 Å². The molecule has 1 N–H and O–H groups in total. The second-order valence-corrected chi connectivity index (χ2v) is 8.69. The fourth-order valence-electron chi connectivity index (χ4n) is 5.22. The summed E-state index contributed by atoms with van der Waals surface area (Å²) in [6.45, 7) is 3.05. The van der Waals surface area contributed by atoms with Gasteiger partial charge in [-0.05, 0) is 73.9 Å². The molecular weight excluding hydrogens is 386 g/mol. The minimum atomic E-state index is -0.847. The Morgan fingerprint density at radius 3 is 2.70 bits per heavy atom. The summed E-state index contributed by atoms with van der Waals surface area (Å²) in [6, 6.07) is 9.75. The minimum absolute atomic E-state index is 0.0195. The first-order chi connectivity index (χ1) is 14.6. The highest BCUT2D eigenvalue weighted by Gasteiger charge is 2.37. The highest BCUT2D eigenvalue weighted by molar-refractivity contribution is 5.69. The lowest BCUT2D eigenvalue weighted by Crippen LogP contribution is -2.52. The predicted molar refractivity (Wildman–Crippen MR) is 110 cm³/mol. The third-order valence-electron chi connectivity index (χ3n) is 6.87. The number of nitrogens with one attached hydrogen (secondary N) is 1. The van der Waals surface area contributed by atoms with E-state index < -0.39 is 11.6 Å². The number of ether oxygens (including phenoxy) is 1. The van der Waals surface area contributed by atoms with Gasteiger partial charge in [0.05, 0.1) is 6.04 Å². The van der Waals surface area contributed by atoms with Crippen LogP contribution in [0.2, 0.25) is 0 Å². The number of piperidine rings is 3. The van der Waals surface area contributed by atoms with E-state index in [2.05, 4.69) is 10.2 Å². The van der Waals surface area contributed by atoms with Gasteiger partial charge in [0, 0.05) is 12.1 Å². The third-order valence-corrected chi connectivity index (χ3v) is 6.87. The average Bonchev–Trinajstić information content (AvgIpc) is 2.76. The van der Waals surface area contributed by atoms with Crippen molar-refractivity contribution in [2.24, 2.45) is 5.92 Å². The molecule has 6 rings (SSSR count). The molecule has 1 amide bonds. The lowest BCUT2D eigenvalue weighted by Gasteiger charge is -2.44. The Kier molecular flexibility index (Phi) is 5.19. The standard InChI is InChI=1S/C24H26F2N2O2/c25-20-5-2-4-19(23(20)26)17-7-8-18-16(13-17)3-1-6-21(18)27-24(29)30-22-14-28-11-9-15(22)10-12-28/h2,4-5,7-8,13,15,21-22H,1,3,6,9-12,14H2,(H,27,29)/t21?,22-/m0/s1. The van der Waals surface area contributed by atoms with E-state index in [0.29, 0.717) is 11.5 Å². The predicted octanol–water partition coefficient (Wildman–Crippen LogP) is 4.83. The van der Waals surface area contributed by atoms with Crippen LogP contribution in [-0.2, 0) is 11.2 Å². The van der Waals surface area contributed by atoms with Gasteiger partial charge in [0.15, 0.2) is 11.6 Å². The Hall–Kier alpha value is -2.47. The SMILES string of the molecule is O=C(NC1CCCc2cc(-c3cccc(F)c3F)ccc21)O[C@H]1CN2CCC1CC2. The Labute approximate surface area is 175 Å². The quantitative estimate of drug-likeness (QED) is 0.785. The van der Waals surface area contributed by atoms with Gasteiger partial charge in [-0.3, -0.25) is 4.90 Å². The van der Waals surface area contributed by atoms with Crippen molar-refractivity contribution in [3.8, 4) is 11.1 Å². The Morgan fingerprint density at radius 2 is 1.93 bits per heavy atom. The van der Waals surface area contributed by atoms with Crippen molar-refractivity contribution in [1.29, 1.82) is 0 Å². The Bertz CT molecular complexity index is 956. The number of hydrogen-bond donors (Lipinski definition) is 1. The van der Waals surface area contributed by atoms with E-state index in [1.165, 1.54) is 6.07 Å². The summed E-state index contributed by atoms with van der Waals surface area (Å²) < 4.78 is 33.6. The molecule has 1 unspecified atom stereocenters. The van der Waals surface area contributed by atoms with Crippen molar-refractivity contribution in [2.45, 2.75) is 44.2 Å². The molecule has 4 aliphatic rings. The van der Waals surface area contributed by atoms with E-state index in [-0.39, 0.29) is 23.8 Å². The monoisotopic (exact) mass is 412 g/mol. The fraction of sp³-hybridized carbons (Fsp3) is 0.458. The van der Waals surface area contributed by atoms with Gasteiger partial charge in [-0.2, -0.15) is 0 Å². The molecule has 30 heavy (non-hydrogen) atoms. The van der Waals surface area contributed by atoms with Crippen LogP contribution < -0.4 is 5.32 Å². The smallest absolute Gasteiger partial charge is 0.407 e. The molecule has 158 valence electrons. The van der Waals surface area contributed by atoms with Crippen LogP contribution in [0.15, 0.2) is 36.4 Å². The minimum Gasteiger partial charge on any atom is -0.445 e. The number of benzene rings is 2. The second-order valence-electron chi connectivity index (χ2n) is 8.69. The normalized spacial score (nSPS) is 27.4. The van der Waals surface area contributed by atoms with Crippen molar-refractivity contribution in [2.75, 3.05) is 19.6 Å². The molecule has 0 spiro atoms. The van der Waals surface area contributed by atoms with E-state index in [0.717, 1.165) is 68.9 Å².